The Balaban J connectivity index is 2.68. The van der Waals surface area contributed by atoms with E-state index < -0.39 is 0 Å². The lowest BCUT2D eigenvalue weighted by Gasteiger charge is -2.06. The van der Waals surface area contributed by atoms with Crippen molar-refractivity contribution in [1.82, 2.24) is 5.32 Å². The zero-order valence-electron chi connectivity index (χ0n) is 9.45. The molecular formula is C12H15NO2S. The van der Waals surface area contributed by atoms with Gasteiger partial charge in [0.25, 0.3) is 0 Å². The average Bonchev–Trinajstić information content (AvgIpc) is 2.35. The molecule has 0 atom stereocenters. The normalized spacial score (nSPS) is 9.62. The van der Waals surface area contributed by atoms with Crippen LogP contribution in [0, 0.1) is 0 Å². The number of Topliss-reactive ketones (excluding diaryl/α,β-unsaturated/α-hetero) is 1. The third-order valence-corrected chi connectivity index (χ3v) is 2.42. The predicted molar refractivity (Wildman–Crippen MR) is 68.2 cm³/mol. The molecule has 0 amide bonds. The first kappa shape index (κ1) is 12.6. The fourth-order valence-corrected chi connectivity index (χ4v) is 1.41. The zero-order chi connectivity index (χ0) is 12.0. The van der Waals surface area contributed by atoms with E-state index in [0.29, 0.717) is 5.56 Å². The number of ether oxygens (including phenoxy) is 1. The van der Waals surface area contributed by atoms with Crippen LogP contribution in [0.5, 0.6) is 5.75 Å². The number of hydrogen-bond acceptors (Lipinski definition) is 3. The Labute approximate surface area is 101 Å². The summed E-state index contributed by atoms with van der Waals surface area (Å²) in [6.07, 6.45) is 0.941. The highest BCUT2D eigenvalue weighted by Gasteiger charge is 2.10. The molecule has 3 nitrogen and oxygen atoms in total. The number of methoxy groups -OCH3 is 1. The van der Waals surface area contributed by atoms with Gasteiger partial charge >= 0.3 is 0 Å². The van der Waals surface area contributed by atoms with E-state index in [2.05, 4.69) is 5.32 Å². The molecule has 0 fully saturated rings. The first-order valence-corrected chi connectivity index (χ1v) is 5.56. The van der Waals surface area contributed by atoms with Gasteiger partial charge in [0.05, 0.1) is 7.11 Å². The molecule has 1 rings (SSSR count). The minimum Gasteiger partial charge on any atom is -0.497 e. The molecule has 1 N–H and O–H groups in total. The summed E-state index contributed by atoms with van der Waals surface area (Å²) in [5.74, 6) is 0.579. The summed E-state index contributed by atoms with van der Waals surface area (Å²) in [4.78, 5) is 12.1. The first-order valence-electron chi connectivity index (χ1n) is 5.15. The van der Waals surface area contributed by atoms with Gasteiger partial charge in [-0.25, -0.2) is 0 Å². The monoisotopic (exact) mass is 237 g/mol. The quantitative estimate of drug-likeness (QED) is 0.629. The van der Waals surface area contributed by atoms with Crippen LogP contribution in [0.25, 0.3) is 0 Å². The van der Waals surface area contributed by atoms with Gasteiger partial charge in [0, 0.05) is 12.1 Å². The van der Waals surface area contributed by atoms with Crippen LogP contribution in [0.3, 0.4) is 0 Å². The number of rotatable bonds is 5. The third-order valence-electron chi connectivity index (χ3n) is 2.09. The van der Waals surface area contributed by atoms with E-state index in [1.165, 1.54) is 0 Å². The van der Waals surface area contributed by atoms with Crippen molar-refractivity contribution < 1.29 is 9.53 Å². The van der Waals surface area contributed by atoms with Crippen molar-refractivity contribution in [2.24, 2.45) is 0 Å². The van der Waals surface area contributed by atoms with E-state index in [1.807, 2.05) is 6.92 Å². The molecule has 0 spiro atoms. The van der Waals surface area contributed by atoms with Gasteiger partial charge in [-0.3, -0.25) is 4.79 Å². The predicted octanol–water partition coefficient (Wildman–Crippen LogP) is 2.20. The van der Waals surface area contributed by atoms with Crippen LogP contribution in [-0.2, 0) is 0 Å². The van der Waals surface area contributed by atoms with Crippen molar-refractivity contribution in [3.63, 3.8) is 0 Å². The Hall–Kier alpha value is -1.42. The summed E-state index contributed by atoms with van der Waals surface area (Å²) in [5, 5.41) is 2.91. The average molecular weight is 237 g/mol. The largest absolute Gasteiger partial charge is 0.497 e. The second-order valence-electron chi connectivity index (χ2n) is 3.31. The van der Waals surface area contributed by atoms with Crippen LogP contribution >= 0.6 is 12.2 Å². The maximum atomic E-state index is 11.8. The molecule has 1 aromatic carbocycles. The minimum atomic E-state index is -0.147. The lowest BCUT2D eigenvalue weighted by atomic mass is 10.1. The summed E-state index contributed by atoms with van der Waals surface area (Å²) in [5.41, 5.74) is 0.578. The number of carbonyl (C=O) groups excluding carboxylic acids is 1. The molecule has 0 saturated carbocycles. The second kappa shape index (κ2) is 6.23. The summed E-state index contributed by atoms with van der Waals surface area (Å²) >= 11 is 4.99. The van der Waals surface area contributed by atoms with Gasteiger partial charge in [0.15, 0.2) is 0 Å². The third kappa shape index (κ3) is 3.31. The van der Waals surface area contributed by atoms with Crippen LogP contribution in [-0.4, -0.2) is 24.4 Å². The lowest BCUT2D eigenvalue weighted by Crippen LogP contribution is -2.29. The standard InChI is InChI=1S/C12H15NO2S/c1-3-8-13-12(16)11(14)9-4-6-10(15-2)7-5-9/h4-7H,3,8H2,1-2H3,(H,13,16). The van der Waals surface area contributed by atoms with E-state index in [0.717, 1.165) is 18.7 Å². The number of nitrogens with one attached hydrogen (secondary N) is 1. The van der Waals surface area contributed by atoms with Crippen LogP contribution < -0.4 is 10.1 Å². The number of hydrogen-bond donors (Lipinski definition) is 1. The summed E-state index contributed by atoms with van der Waals surface area (Å²) in [6.45, 7) is 2.74. The molecule has 0 saturated heterocycles. The van der Waals surface area contributed by atoms with Crippen molar-refractivity contribution in [2.75, 3.05) is 13.7 Å². The van der Waals surface area contributed by atoms with E-state index in [-0.39, 0.29) is 10.8 Å². The molecule has 0 aliphatic heterocycles. The van der Waals surface area contributed by atoms with Crippen molar-refractivity contribution in [1.29, 1.82) is 0 Å². The van der Waals surface area contributed by atoms with Crippen molar-refractivity contribution in [3.8, 4) is 5.75 Å². The topological polar surface area (TPSA) is 38.3 Å². The summed E-state index contributed by atoms with van der Waals surface area (Å²) in [7, 11) is 1.59. The molecule has 0 aliphatic rings. The smallest absolute Gasteiger partial charge is 0.219 e. The Morgan fingerprint density at radius 3 is 2.50 bits per heavy atom. The molecular weight excluding hydrogens is 222 g/mol. The van der Waals surface area contributed by atoms with Crippen LogP contribution in [0.2, 0.25) is 0 Å². The molecule has 16 heavy (non-hydrogen) atoms. The van der Waals surface area contributed by atoms with Gasteiger partial charge < -0.3 is 10.1 Å². The Morgan fingerprint density at radius 1 is 1.38 bits per heavy atom. The van der Waals surface area contributed by atoms with Crippen LogP contribution in [0.4, 0.5) is 0 Å². The second-order valence-corrected chi connectivity index (χ2v) is 3.72. The zero-order valence-corrected chi connectivity index (χ0v) is 10.3. The van der Waals surface area contributed by atoms with Gasteiger partial charge in [-0.1, -0.05) is 19.1 Å². The van der Waals surface area contributed by atoms with Gasteiger partial charge in [-0.2, -0.15) is 0 Å². The van der Waals surface area contributed by atoms with E-state index in [4.69, 9.17) is 17.0 Å². The van der Waals surface area contributed by atoms with Crippen molar-refractivity contribution in [3.05, 3.63) is 29.8 Å². The number of carbonyl (C=O) groups is 1. The van der Waals surface area contributed by atoms with Gasteiger partial charge in [0.1, 0.15) is 10.7 Å². The lowest BCUT2D eigenvalue weighted by molar-refractivity contribution is 0.106. The minimum absolute atomic E-state index is 0.147. The van der Waals surface area contributed by atoms with Gasteiger partial charge in [-0.15, -0.1) is 0 Å². The first-order chi connectivity index (χ1) is 7.69. The molecule has 86 valence electrons. The van der Waals surface area contributed by atoms with Crippen molar-refractivity contribution in [2.45, 2.75) is 13.3 Å². The maximum Gasteiger partial charge on any atom is 0.219 e. The maximum absolute atomic E-state index is 11.8. The Bertz CT molecular complexity index is 373. The van der Waals surface area contributed by atoms with E-state index >= 15 is 0 Å². The highest BCUT2D eigenvalue weighted by Crippen LogP contribution is 2.11. The number of benzene rings is 1. The molecule has 0 heterocycles. The van der Waals surface area contributed by atoms with E-state index in [1.54, 1.807) is 31.4 Å². The van der Waals surface area contributed by atoms with Gasteiger partial charge in [-0.05, 0) is 30.7 Å². The van der Waals surface area contributed by atoms with E-state index in [9.17, 15) is 4.79 Å². The molecule has 1 aromatic rings. The fraction of sp³-hybridized carbons (Fsp3) is 0.333. The Kier molecular flexibility index (Phi) is 4.92. The highest BCUT2D eigenvalue weighted by molar-refractivity contribution is 7.82. The molecule has 0 aromatic heterocycles. The van der Waals surface area contributed by atoms with Crippen molar-refractivity contribution >= 4 is 23.0 Å². The Morgan fingerprint density at radius 2 is 2.00 bits per heavy atom. The SMILES string of the molecule is CCCNC(=S)C(=O)c1ccc(OC)cc1. The number of ketones is 1. The van der Waals surface area contributed by atoms with Crippen LogP contribution in [0.1, 0.15) is 23.7 Å². The van der Waals surface area contributed by atoms with Crippen LogP contribution in [0.15, 0.2) is 24.3 Å². The highest BCUT2D eigenvalue weighted by atomic mass is 32.1. The van der Waals surface area contributed by atoms with Gasteiger partial charge in [0.2, 0.25) is 5.78 Å². The molecule has 0 unspecified atom stereocenters. The number of thiocarbonyl (C=S) groups is 1. The fourth-order valence-electron chi connectivity index (χ4n) is 1.19. The molecule has 0 radical (unpaired) electrons. The molecule has 4 heteroatoms. The summed E-state index contributed by atoms with van der Waals surface area (Å²) in [6, 6.07) is 6.91. The molecule has 0 bridgehead atoms. The molecule has 0 aliphatic carbocycles. The summed E-state index contributed by atoms with van der Waals surface area (Å²) < 4.78 is 5.01.